The molecule has 3 aromatic rings. The summed E-state index contributed by atoms with van der Waals surface area (Å²) < 4.78 is 13.0. The molecule has 1 aromatic carbocycles. The fraction of sp³-hybridized carbons (Fsp3) is 0.304. The van der Waals surface area contributed by atoms with Gasteiger partial charge in [0.2, 0.25) is 5.91 Å². The Balaban J connectivity index is 1.55. The van der Waals surface area contributed by atoms with Crippen LogP contribution in [0.15, 0.2) is 47.1 Å². The predicted molar refractivity (Wildman–Crippen MR) is 114 cm³/mol. The highest BCUT2D eigenvalue weighted by molar-refractivity contribution is 6.06. The van der Waals surface area contributed by atoms with E-state index >= 15 is 0 Å². The number of amides is 2. The van der Waals surface area contributed by atoms with Crippen molar-refractivity contribution in [3.8, 4) is 5.75 Å². The van der Waals surface area contributed by atoms with Gasteiger partial charge in [-0.1, -0.05) is 0 Å². The highest BCUT2D eigenvalue weighted by Crippen LogP contribution is 2.34. The zero-order valence-electron chi connectivity index (χ0n) is 17.4. The lowest BCUT2D eigenvalue weighted by atomic mass is 10.2. The predicted octanol–water partition coefficient (Wildman–Crippen LogP) is 4.13. The van der Waals surface area contributed by atoms with Gasteiger partial charge in [-0.3, -0.25) is 9.59 Å². The van der Waals surface area contributed by atoms with Gasteiger partial charge in [0.1, 0.15) is 11.5 Å². The highest BCUT2D eigenvalue weighted by Gasteiger charge is 2.25. The van der Waals surface area contributed by atoms with Crippen molar-refractivity contribution in [2.75, 3.05) is 23.9 Å². The molecule has 1 N–H and O–H groups in total. The van der Waals surface area contributed by atoms with E-state index in [1.807, 2.05) is 38.1 Å². The molecule has 1 saturated heterocycles. The average molecular weight is 407 g/mol. The quantitative estimate of drug-likeness (QED) is 0.666. The first-order chi connectivity index (χ1) is 14.5. The summed E-state index contributed by atoms with van der Waals surface area (Å²) in [5.41, 5.74) is 3.80. The Hall–Kier alpha value is -3.48. The van der Waals surface area contributed by atoms with Crippen molar-refractivity contribution >= 4 is 23.2 Å². The summed E-state index contributed by atoms with van der Waals surface area (Å²) in [6.07, 6.45) is 3.03. The molecular formula is C23H25N3O4. The number of hydrogen-bond donors (Lipinski definition) is 1. The van der Waals surface area contributed by atoms with E-state index in [4.69, 9.17) is 9.15 Å². The molecule has 2 amide bonds. The number of methoxy groups -OCH3 is 1. The Morgan fingerprint density at radius 1 is 1.23 bits per heavy atom. The number of furan rings is 1. The highest BCUT2D eigenvalue weighted by atomic mass is 16.5. The van der Waals surface area contributed by atoms with Crippen molar-refractivity contribution in [1.82, 2.24) is 4.57 Å². The summed E-state index contributed by atoms with van der Waals surface area (Å²) in [4.78, 5) is 26.7. The summed E-state index contributed by atoms with van der Waals surface area (Å²) >= 11 is 0. The smallest absolute Gasteiger partial charge is 0.257 e. The van der Waals surface area contributed by atoms with Crippen LogP contribution in [0, 0.1) is 13.8 Å². The van der Waals surface area contributed by atoms with Gasteiger partial charge in [0, 0.05) is 36.1 Å². The molecular weight excluding hydrogens is 382 g/mol. The Morgan fingerprint density at radius 3 is 2.73 bits per heavy atom. The summed E-state index contributed by atoms with van der Waals surface area (Å²) in [5.74, 6) is 1.29. The standard InChI is InChI=1S/C23H25N3O4/c1-15-12-19(16(2)26(15)14-18-6-5-11-30-18)23(28)24-17-8-9-20(21(13-17)29-3)25-10-4-7-22(25)27/h5-6,8-9,11-13H,4,7,10,14H2,1-3H3,(H,24,28). The van der Waals surface area contributed by atoms with Crippen molar-refractivity contribution in [3.05, 3.63) is 65.4 Å². The van der Waals surface area contributed by atoms with Gasteiger partial charge in [0.15, 0.2) is 0 Å². The maximum atomic E-state index is 12.9. The molecule has 0 radical (unpaired) electrons. The number of rotatable bonds is 6. The van der Waals surface area contributed by atoms with Crippen molar-refractivity contribution in [2.24, 2.45) is 0 Å². The summed E-state index contributed by atoms with van der Waals surface area (Å²) in [5, 5.41) is 2.94. The Labute approximate surface area is 175 Å². The van der Waals surface area contributed by atoms with Crippen molar-refractivity contribution < 1.29 is 18.7 Å². The summed E-state index contributed by atoms with van der Waals surface area (Å²) in [7, 11) is 1.56. The molecule has 0 spiro atoms. The SMILES string of the molecule is COc1cc(NC(=O)c2cc(C)n(Cc3ccco3)c2C)ccc1N1CCCC1=O. The molecule has 3 heterocycles. The first-order valence-corrected chi connectivity index (χ1v) is 9.97. The molecule has 7 nitrogen and oxygen atoms in total. The molecule has 156 valence electrons. The van der Waals surface area contributed by atoms with Crippen LogP contribution in [-0.2, 0) is 11.3 Å². The third-order valence-electron chi connectivity index (χ3n) is 5.51. The first kappa shape index (κ1) is 19.8. The van der Waals surface area contributed by atoms with Gasteiger partial charge in [-0.15, -0.1) is 0 Å². The van der Waals surface area contributed by atoms with E-state index in [-0.39, 0.29) is 11.8 Å². The van der Waals surface area contributed by atoms with Crippen LogP contribution in [0.1, 0.15) is 40.3 Å². The van der Waals surface area contributed by atoms with E-state index in [1.165, 1.54) is 0 Å². The fourth-order valence-electron chi connectivity index (χ4n) is 3.91. The molecule has 1 aliphatic rings. The van der Waals surface area contributed by atoms with E-state index in [2.05, 4.69) is 9.88 Å². The van der Waals surface area contributed by atoms with Gasteiger partial charge in [0.05, 0.1) is 31.2 Å². The molecule has 0 saturated carbocycles. The largest absolute Gasteiger partial charge is 0.494 e. The molecule has 1 fully saturated rings. The van der Waals surface area contributed by atoms with E-state index < -0.39 is 0 Å². The number of anilines is 2. The minimum absolute atomic E-state index is 0.0917. The van der Waals surface area contributed by atoms with E-state index in [0.717, 1.165) is 29.3 Å². The zero-order chi connectivity index (χ0) is 21.3. The normalized spacial score (nSPS) is 13.7. The van der Waals surface area contributed by atoms with Crippen LogP contribution in [-0.4, -0.2) is 30.0 Å². The van der Waals surface area contributed by atoms with Crippen LogP contribution in [0.25, 0.3) is 0 Å². The monoisotopic (exact) mass is 407 g/mol. The molecule has 0 aliphatic carbocycles. The second-order valence-electron chi connectivity index (χ2n) is 7.44. The second-order valence-corrected chi connectivity index (χ2v) is 7.44. The number of aromatic nitrogens is 1. The maximum absolute atomic E-state index is 12.9. The summed E-state index contributed by atoms with van der Waals surface area (Å²) in [6.45, 7) is 5.15. The molecule has 1 aliphatic heterocycles. The fourth-order valence-corrected chi connectivity index (χ4v) is 3.91. The minimum atomic E-state index is -0.194. The van der Waals surface area contributed by atoms with Crippen LogP contribution in [0.4, 0.5) is 11.4 Å². The minimum Gasteiger partial charge on any atom is -0.494 e. The number of carbonyl (C=O) groups excluding carboxylic acids is 2. The number of hydrogen-bond acceptors (Lipinski definition) is 4. The number of carbonyl (C=O) groups is 2. The Bertz CT molecular complexity index is 1080. The van der Waals surface area contributed by atoms with Crippen LogP contribution >= 0.6 is 0 Å². The van der Waals surface area contributed by atoms with Gasteiger partial charge in [-0.25, -0.2) is 0 Å². The van der Waals surface area contributed by atoms with Crippen LogP contribution in [0.2, 0.25) is 0 Å². The number of aryl methyl sites for hydroxylation is 1. The van der Waals surface area contributed by atoms with Gasteiger partial charge in [0.25, 0.3) is 5.91 Å². The molecule has 2 aromatic heterocycles. The van der Waals surface area contributed by atoms with Gasteiger partial charge in [-0.05, 0) is 50.6 Å². The number of benzene rings is 1. The van der Waals surface area contributed by atoms with Gasteiger partial charge >= 0.3 is 0 Å². The van der Waals surface area contributed by atoms with E-state index in [0.29, 0.717) is 36.5 Å². The number of nitrogens with one attached hydrogen (secondary N) is 1. The van der Waals surface area contributed by atoms with E-state index in [9.17, 15) is 9.59 Å². The van der Waals surface area contributed by atoms with Crippen molar-refractivity contribution in [3.63, 3.8) is 0 Å². The molecule has 7 heteroatoms. The molecule has 0 atom stereocenters. The zero-order valence-corrected chi connectivity index (χ0v) is 17.4. The van der Waals surface area contributed by atoms with Crippen LogP contribution < -0.4 is 15.0 Å². The second kappa shape index (κ2) is 8.10. The van der Waals surface area contributed by atoms with Crippen LogP contribution in [0.5, 0.6) is 5.75 Å². The van der Waals surface area contributed by atoms with Gasteiger partial charge < -0.3 is 23.9 Å². The lowest BCUT2D eigenvalue weighted by Crippen LogP contribution is -2.24. The lowest BCUT2D eigenvalue weighted by Gasteiger charge is -2.19. The van der Waals surface area contributed by atoms with E-state index in [1.54, 1.807) is 30.4 Å². The molecule has 0 bridgehead atoms. The van der Waals surface area contributed by atoms with Gasteiger partial charge in [-0.2, -0.15) is 0 Å². The topological polar surface area (TPSA) is 76.7 Å². The molecule has 4 rings (SSSR count). The number of ether oxygens (including phenoxy) is 1. The van der Waals surface area contributed by atoms with Crippen molar-refractivity contribution in [2.45, 2.75) is 33.2 Å². The van der Waals surface area contributed by atoms with Crippen LogP contribution in [0.3, 0.4) is 0 Å². The third kappa shape index (κ3) is 3.70. The Morgan fingerprint density at radius 2 is 2.07 bits per heavy atom. The van der Waals surface area contributed by atoms with Crippen molar-refractivity contribution in [1.29, 1.82) is 0 Å². The molecule has 0 unspecified atom stereocenters. The molecule has 30 heavy (non-hydrogen) atoms. The summed E-state index contributed by atoms with van der Waals surface area (Å²) in [6, 6.07) is 11.0. The third-order valence-corrected chi connectivity index (χ3v) is 5.51. The Kier molecular flexibility index (Phi) is 5.35. The number of nitrogens with zero attached hydrogens (tertiary/aromatic N) is 2. The maximum Gasteiger partial charge on any atom is 0.257 e. The average Bonchev–Trinajstić information content (AvgIpc) is 3.46. The first-order valence-electron chi connectivity index (χ1n) is 9.97. The lowest BCUT2D eigenvalue weighted by molar-refractivity contribution is -0.117.